The molecule has 0 spiro atoms. The number of nitrogens with one attached hydrogen (secondary N) is 1. The molecule has 1 atom stereocenters. The SMILES string of the molecule is O=C(Nc1ccc(Cl)c([N+](=O)[O-])c1)C(Br)c1ccccc1. The van der Waals surface area contributed by atoms with Gasteiger partial charge in [-0.05, 0) is 17.7 Å². The Kier molecular flexibility index (Phi) is 4.93. The van der Waals surface area contributed by atoms with E-state index in [0.29, 0.717) is 5.69 Å². The van der Waals surface area contributed by atoms with Crippen molar-refractivity contribution < 1.29 is 9.72 Å². The van der Waals surface area contributed by atoms with E-state index in [9.17, 15) is 14.9 Å². The van der Waals surface area contributed by atoms with Crippen molar-refractivity contribution in [3.05, 3.63) is 69.2 Å². The van der Waals surface area contributed by atoms with E-state index in [1.165, 1.54) is 18.2 Å². The number of carbonyl (C=O) groups excluding carboxylic acids is 1. The van der Waals surface area contributed by atoms with Crippen molar-refractivity contribution in [2.75, 3.05) is 5.32 Å². The molecule has 0 fully saturated rings. The summed E-state index contributed by atoms with van der Waals surface area (Å²) in [5.41, 5.74) is 0.857. The first-order valence-corrected chi connectivity index (χ1v) is 7.22. The molecule has 2 rings (SSSR count). The summed E-state index contributed by atoms with van der Waals surface area (Å²) >= 11 is 9.02. The topological polar surface area (TPSA) is 72.2 Å². The van der Waals surface area contributed by atoms with E-state index in [0.717, 1.165) is 5.56 Å². The van der Waals surface area contributed by atoms with E-state index < -0.39 is 9.75 Å². The molecule has 1 amide bonds. The summed E-state index contributed by atoms with van der Waals surface area (Å²) in [6.45, 7) is 0. The summed E-state index contributed by atoms with van der Waals surface area (Å²) in [5, 5.41) is 13.5. The summed E-state index contributed by atoms with van der Waals surface area (Å²) < 4.78 is 0. The number of halogens is 2. The molecule has 2 aromatic carbocycles. The van der Waals surface area contributed by atoms with Gasteiger partial charge < -0.3 is 5.32 Å². The van der Waals surface area contributed by atoms with E-state index in [4.69, 9.17) is 11.6 Å². The molecule has 7 heteroatoms. The Labute approximate surface area is 134 Å². The van der Waals surface area contributed by atoms with E-state index in [2.05, 4.69) is 21.2 Å². The number of anilines is 1. The highest BCUT2D eigenvalue weighted by molar-refractivity contribution is 9.09. The van der Waals surface area contributed by atoms with Gasteiger partial charge in [0.05, 0.1) is 4.92 Å². The summed E-state index contributed by atoms with van der Waals surface area (Å²) in [7, 11) is 0. The molecule has 2 aromatic rings. The highest BCUT2D eigenvalue weighted by Gasteiger charge is 2.19. The normalized spacial score (nSPS) is 11.7. The van der Waals surface area contributed by atoms with Gasteiger partial charge in [-0.25, -0.2) is 0 Å². The van der Waals surface area contributed by atoms with Gasteiger partial charge in [0, 0.05) is 11.8 Å². The highest BCUT2D eigenvalue weighted by Crippen LogP contribution is 2.29. The van der Waals surface area contributed by atoms with Crippen molar-refractivity contribution >= 4 is 44.8 Å². The van der Waals surface area contributed by atoms with Crippen LogP contribution in [0.2, 0.25) is 5.02 Å². The Bertz CT molecular complexity index is 679. The van der Waals surface area contributed by atoms with Gasteiger partial charge in [-0.3, -0.25) is 14.9 Å². The van der Waals surface area contributed by atoms with Crippen LogP contribution in [0.4, 0.5) is 11.4 Å². The second-order valence-corrected chi connectivity index (χ2v) is 5.51. The molecule has 0 bridgehead atoms. The van der Waals surface area contributed by atoms with Gasteiger partial charge in [0.2, 0.25) is 5.91 Å². The van der Waals surface area contributed by atoms with Gasteiger partial charge in [0.15, 0.2) is 0 Å². The Balaban J connectivity index is 2.16. The Morgan fingerprint density at radius 2 is 1.90 bits per heavy atom. The van der Waals surface area contributed by atoms with Gasteiger partial charge in [0.25, 0.3) is 5.69 Å². The first-order chi connectivity index (χ1) is 9.99. The summed E-state index contributed by atoms with van der Waals surface area (Å²) in [6, 6.07) is 13.2. The molecule has 0 aliphatic carbocycles. The molecule has 0 aliphatic rings. The molecule has 0 saturated heterocycles. The van der Waals surface area contributed by atoms with Crippen molar-refractivity contribution in [1.82, 2.24) is 0 Å². The lowest BCUT2D eigenvalue weighted by molar-refractivity contribution is -0.384. The number of benzene rings is 2. The van der Waals surface area contributed by atoms with E-state index in [1.807, 2.05) is 30.3 Å². The molecule has 0 aromatic heterocycles. The van der Waals surface area contributed by atoms with E-state index in [1.54, 1.807) is 0 Å². The van der Waals surface area contributed by atoms with Gasteiger partial charge in [-0.15, -0.1) is 0 Å². The van der Waals surface area contributed by atoms with Crippen LogP contribution in [0.25, 0.3) is 0 Å². The fraction of sp³-hybridized carbons (Fsp3) is 0.0714. The van der Waals surface area contributed by atoms with Crippen LogP contribution in [0.5, 0.6) is 0 Å². The number of alkyl halides is 1. The summed E-state index contributed by atoms with van der Waals surface area (Å²) in [6.07, 6.45) is 0. The summed E-state index contributed by atoms with van der Waals surface area (Å²) in [4.78, 5) is 21.8. The largest absolute Gasteiger partial charge is 0.325 e. The van der Waals surface area contributed by atoms with Crippen molar-refractivity contribution in [3.63, 3.8) is 0 Å². The molecule has 0 heterocycles. The van der Waals surface area contributed by atoms with Crippen LogP contribution in [0.3, 0.4) is 0 Å². The number of carbonyl (C=O) groups is 1. The van der Waals surface area contributed by atoms with Crippen LogP contribution >= 0.6 is 27.5 Å². The average Bonchev–Trinajstić information content (AvgIpc) is 2.49. The highest BCUT2D eigenvalue weighted by atomic mass is 79.9. The van der Waals surface area contributed by atoms with Gasteiger partial charge in [-0.2, -0.15) is 0 Å². The maximum absolute atomic E-state index is 12.1. The summed E-state index contributed by atoms with van der Waals surface area (Å²) in [5.74, 6) is -0.321. The predicted molar refractivity (Wildman–Crippen MR) is 84.8 cm³/mol. The van der Waals surface area contributed by atoms with Gasteiger partial charge >= 0.3 is 0 Å². The third-order valence-electron chi connectivity index (χ3n) is 2.73. The smallest absolute Gasteiger partial charge is 0.289 e. The second-order valence-electron chi connectivity index (χ2n) is 4.19. The molecule has 5 nitrogen and oxygen atoms in total. The quantitative estimate of drug-likeness (QED) is 0.495. The van der Waals surface area contributed by atoms with E-state index >= 15 is 0 Å². The van der Waals surface area contributed by atoms with Crippen LogP contribution in [0.15, 0.2) is 48.5 Å². The van der Waals surface area contributed by atoms with Crippen LogP contribution in [-0.4, -0.2) is 10.8 Å². The number of rotatable bonds is 4. The fourth-order valence-corrected chi connectivity index (χ4v) is 2.32. The maximum Gasteiger partial charge on any atom is 0.289 e. The Hall–Kier alpha value is -1.92. The first kappa shape index (κ1) is 15.5. The predicted octanol–water partition coefficient (Wildman–Crippen LogP) is 4.32. The molecule has 0 aliphatic heterocycles. The molecular weight excluding hydrogens is 360 g/mol. The van der Waals surface area contributed by atoms with Crippen LogP contribution < -0.4 is 5.32 Å². The zero-order valence-electron chi connectivity index (χ0n) is 10.6. The van der Waals surface area contributed by atoms with Crippen molar-refractivity contribution in [1.29, 1.82) is 0 Å². The molecule has 108 valence electrons. The van der Waals surface area contributed by atoms with Gasteiger partial charge in [0.1, 0.15) is 9.85 Å². The van der Waals surface area contributed by atoms with Crippen molar-refractivity contribution in [2.24, 2.45) is 0 Å². The molecular formula is C14H10BrClN2O3. The number of nitrogens with zero attached hydrogens (tertiary/aromatic N) is 1. The minimum absolute atomic E-state index is 0.0245. The average molecular weight is 370 g/mol. The maximum atomic E-state index is 12.1. The van der Waals surface area contributed by atoms with Crippen LogP contribution in [0, 0.1) is 10.1 Å². The third kappa shape index (κ3) is 3.80. The Morgan fingerprint density at radius 3 is 2.52 bits per heavy atom. The van der Waals surface area contributed by atoms with Crippen molar-refractivity contribution in [2.45, 2.75) is 4.83 Å². The third-order valence-corrected chi connectivity index (χ3v) is 4.00. The van der Waals surface area contributed by atoms with Crippen LogP contribution in [0.1, 0.15) is 10.4 Å². The lowest BCUT2D eigenvalue weighted by Gasteiger charge is -2.11. The zero-order chi connectivity index (χ0) is 15.4. The number of nitro benzene ring substituents is 1. The lowest BCUT2D eigenvalue weighted by atomic mass is 10.1. The minimum Gasteiger partial charge on any atom is -0.325 e. The molecule has 1 unspecified atom stereocenters. The standard InChI is InChI=1S/C14H10BrClN2O3/c15-13(9-4-2-1-3-5-9)14(19)17-10-6-7-11(16)12(8-10)18(20)21/h1-8,13H,(H,17,19). The zero-order valence-corrected chi connectivity index (χ0v) is 13.0. The minimum atomic E-state index is -0.596. The number of nitro groups is 1. The molecule has 1 N–H and O–H groups in total. The first-order valence-electron chi connectivity index (χ1n) is 5.93. The number of hydrogen-bond donors (Lipinski definition) is 1. The molecule has 21 heavy (non-hydrogen) atoms. The van der Waals surface area contributed by atoms with E-state index in [-0.39, 0.29) is 16.6 Å². The Morgan fingerprint density at radius 1 is 1.24 bits per heavy atom. The fourth-order valence-electron chi connectivity index (χ4n) is 1.71. The van der Waals surface area contributed by atoms with Gasteiger partial charge in [-0.1, -0.05) is 57.9 Å². The molecule has 0 saturated carbocycles. The number of hydrogen-bond acceptors (Lipinski definition) is 3. The second kappa shape index (κ2) is 6.69. The van der Waals surface area contributed by atoms with Crippen molar-refractivity contribution in [3.8, 4) is 0 Å². The lowest BCUT2D eigenvalue weighted by Crippen LogP contribution is -2.17. The monoisotopic (exact) mass is 368 g/mol. The molecule has 0 radical (unpaired) electrons. The number of amides is 1. The van der Waals surface area contributed by atoms with Crippen LogP contribution in [-0.2, 0) is 4.79 Å².